The Morgan fingerprint density at radius 3 is 2.42 bits per heavy atom. The normalized spacial score (nSPS) is 22.9. The van der Waals surface area contributed by atoms with Crippen LogP contribution >= 0.6 is 11.6 Å². The molecule has 31 heavy (non-hydrogen) atoms. The van der Waals surface area contributed by atoms with Crippen LogP contribution in [0.5, 0.6) is 11.5 Å². The molecule has 0 aliphatic carbocycles. The van der Waals surface area contributed by atoms with Gasteiger partial charge in [-0.15, -0.1) is 0 Å². The number of methoxy groups -OCH3 is 2. The van der Waals surface area contributed by atoms with Crippen molar-refractivity contribution in [3.63, 3.8) is 0 Å². The maximum absolute atomic E-state index is 13.1. The monoisotopic (exact) mass is 464 g/mol. The number of amides is 1. The average molecular weight is 465 g/mol. The van der Waals surface area contributed by atoms with E-state index < -0.39 is 15.9 Å². The minimum absolute atomic E-state index is 0.0367. The van der Waals surface area contributed by atoms with Crippen molar-refractivity contribution >= 4 is 33.0 Å². The molecule has 166 valence electrons. The van der Waals surface area contributed by atoms with Gasteiger partial charge >= 0.3 is 0 Å². The fourth-order valence-electron chi connectivity index (χ4n) is 4.48. The van der Waals surface area contributed by atoms with Crippen LogP contribution in [-0.4, -0.2) is 70.1 Å². The molecule has 2 aromatic carbocycles. The third-order valence-corrected chi connectivity index (χ3v) is 7.91. The number of anilines is 1. The minimum atomic E-state index is -3.25. The van der Waals surface area contributed by atoms with Gasteiger partial charge in [-0.05, 0) is 54.4 Å². The molecular weight excluding hydrogens is 440 g/mol. The molecule has 0 N–H and O–H groups in total. The van der Waals surface area contributed by atoms with Crippen LogP contribution in [0.4, 0.5) is 5.69 Å². The lowest BCUT2D eigenvalue weighted by Gasteiger charge is -2.43. The van der Waals surface area contributed by atoms with Crippen molar-refractivity contribution in [2.75, 3.05) is 43.7 Å². The number of carbonyl (C=O) groups excluding carboxylic acids is 1. The molecule has 2 aliphatic rings. The van der Waals surface area contributed by atoms with Gasteiger partial charge in [0.05, 0.1) is 38.3 Å². The molecule has 0 spiro atoms. The molecule has 2 fully saturated rings. The highest BCUT2D eigenvalue weighted by atomic mass is 35.5. The predicted molar refractivity (Wildman–Crippen MR) is 120 cm³/mol. The van der Waals surface area contributed by atoms with E-state index in [-0.39, 0.29) is 30.0 Å². The summed E-state index contributed by atoms with van der Waals surface area (Å²) in [4.78, 5) is 16.7. The third kappa shape index (κ3) is 4.51. The van der Waals surface area contributed by atoms with Crippen LogP contribution in [-0.2, 0) is 21.1 Å². The summed E-state index contributed by atoms with van der Waals surface area (Å²) in [5, 5.41) is 0.567. The van der Waals surface area contributed by atoms with Crippen molar-refractivity contribution in [1.29, 1.82) is 0 Å². The Balaban J connectivity index is 1.58. The molecule has 0 unspecified atom stereocenters. The van der Waals surface area contributed by atoms with E-state index in [0.717, 1.165) is 17.1 Å². The minimum Gasteiger partial charge on any atom is -0.497 e. The topological polar surface area (TPSA) is 76.2 Å². The summed E-state index contributed by atoms with van der Waals surface area (Å²) >= 11 is 5.99. The van der Waals surface area contributed by atoms with Crippen LogP contribution in [0.15, 0.2) is 42.5 Å². The number of hydrogen-bond acceptors (Lipinski definition) is 6. The van der Waals surface area contributed by atoms with Crippen LogP contribution in [0.25, 0.3) is 0 Å². The van der Waals surface area contributed by atoms with Gasteiger partial charge in [-0.2, -0.15) is 0 Å². The molecule has 2 atom stereocenters. The zero-order valence-corrected chi connectivity index (χ0v) is 19.0. The van der Waals surface area contributed by atoms with Gasteiger partial charge in [0.25, 0.3) is 0 Å². The quantitative estimate of drug-likeness (QED) is 0.653. The van der Waals surface area contributed by atoms with E-state index in [1.54, 1.807) is 43.4 Å². The van der Waals surface area contributed by atoms with Crippen molar-refractivity contribution in [3.8, 4) is 11.5 Å². The average Bonchev–Trinajstić information content (AvgIpc) is 3.07. The molecular formula is C22H25ClN2O5S. The second kappa shape index (κ2) is 8.68. The van der Waals surface area contributed by atoms with E-state index in [0.29, 0.717) is 23.7 Å². The Labute approximate surface area is 187 Å². The smallest absolute Gasteiger partial charge is 0.241 e. The van der Waals surface area contributed by atoms with Crippen molar-refractivity contribution in [2.24, 2.45) is 0 Å². The molecule has 0 aromatic heterocycles. The molecule has 4 rings (SSSR count). The Morgan fingerprint density at radius 1 is 1.03 bits per heavy atom. The number of halogens is 1. The number of carbonyl (C=O) groups is 1. The van der Waals surface area contributed by atoms with Crippen LogP contribution in [0, 0.1) is 0 Å². The number of rotatable bonds is 6. The van der Waals surface area contributed by atoms with Crippen molar-refractivity contribution in [3.05, 3.63) is 53.1 Å². The number of benzene rings is 2. The van der Waals surface area contributed by atoms with Gasteiger partial charge in [0.2, 0.25) is 5.91 Å². The van der Waals surface area contributed by atoms with Gasteiger partial charge in [-0.1, -0.05) is 11.6 Å². The largest absolute Gasteiger partial charge is 0.497 e. The van der Waals surface area contributed by atoms with Gasteiger partial charge in [-0.25, -0.2) is 8.42 Å². The molecule has 2 saturated heterocycles. The van der Waals surface area contributed by atoms with Gasteiger partial charge in [0.15, 0.2) is 9.84 Å². The highest BCUT2D eigenvalue weighted by molar-refractivity contribution is 7.91. The van der Waals surface area contributed by atoms with Crippen molar-refractivity contribution < 1.29 is 22.7 Å². The lowest BCUT2D eigenvalue weighted by molar-refractivity contribution is -0.123. The lowest BCUT2D eigenvalue weighted by atomic mass is 10.0. The number of fused-ring (bicyclic) bond motifs is 1. The van der Waals surface area contributed by atoms with E-state index in [2.05, 4.69) is 0 Å². The fraction of sp³-hybridized carbons (Fsp3) is 0.409. The first kappa shape index (κ1) is 21.9. The maximum Gasteiger partial charge on any atom is 0.241 e. The molecule has 7 nitrogen and oxygen atoms in total. The van der Waals surface area contributed by atoms with Crippen LogP contribution < -0.4 is 14.4 Å². The Hall–Kier alpha value is -2.29. The maximum atomic E-state index is 13.1. The Kier molecular flexibility index (Phi) is 6.14. The number of ether oxygens (including phenoxy) is 2. The molecule has 0 radical (unpaired) electrons. The van der Waals surface area contributed by atoms with E-state index in [1.165, 1.54) is 0 Å². The summed E-state index contributed by atoms with van der Waals surface area (Å²) in [5.41, 5.74) is 1.63. The molecule has 2 heterocycles. The summed E-state index contributed by atoms with van der Waals surface area (Å²) in [5.74, 6) is 1.36. The molecule has 1 amide bonds. The summed E-state index contributed by atoms with van der Waals surface area (Å²) in [6, 6.07) is 11.9. The van der Waals surface area contributed by atoms with Crippen LogP contribution in [0.2, 0.25) is 5.02 Å². The molecule has 2 aliphatic heterocycles. The number of nitrogens with zero attached hydrogens (tertiary/aromatic N) is 2. The highest BCUT2D eigenvalue weighted by Crippen LogP contribution is 2.33. The van der Waals surface area contributed by atoms with E-state index in [4.69, 9.17) is 21.1 Å². The number of piperazine rings is 1. The van der Waals surface area contributed by atoms with Crippen molar-refractivity contribution in [2.45, 2.75) is 18.5 Å². The summed E-state index contributed by atoms with van der Waals surface area (Å²) in [7, 11) is -0.0312. The third-order valence-electron chi connectivity index (χ3n) is 5.96. The van der Waals surface area contributed by atoms with E-state index in [9.17, 15) is 13.2 Å². The Bertz CT molecular complexity index is 1070. The first-order chi connectivity index (χ1) is 14.8. The van der Waals surface area contributed by atoms with E-state index in [1.807, 2.05) is 23.1 Å². The first-order valence-electron chi connectivity index (χ1n) is 10.0. The lowest BCUT2D eigenvalue weighted by Crippen LogP contribution is -2.62. The highest BCUT2D eigenvalue weighted by Gasteiger charge is 2.49. The molecule has 0 bridgehead atoms. The van der Waals surface area contributed by atoms with Crippen LogP contribution in [0.1, 0.15) is 5.56 Å². The fourth-order valence-corrected chi connectivity index (χ4v) is 6.59. The second-order valence-corrected chi connectivity index (χ2v) is 10.4. The molecule has 0 saturated carbocycles. The van der Waals surface area contributed by atoms with Gasteiger partial charge in [-0.3, -0.25) is 9.69 Å². The zero-order chi connectivity index (χ0) is 22.2. The van der Waals surface area contributed by atoms with Crippen molar-refractivity contribution in [1.82, 2.24) is 4.90 Å². The summed E-state index contributed by atoms with van der Waals surface area (Å²) in [6.45, 7) is 0.700. The van der Waals surface area contributed by atoms with Gasteiger partial charge in [0.1, 0.15) is 11.5 Å². The van der Waals surface area contributed by atoms with E-state index >= 15 is 0 Å². The number of hydrogen-bond donors (Lipinski definition) is 0. The SMILES string of the molecule is COc1ccc(OC)c(CCN2CC(=O)N(c3ccc(Cl)cc3)[C@@H]3CS(=O)(=O)C[C@@H]32)c1. The molecule has 9 heteroatoms. The Morgan fingerprint density at radius 2 is 1.74 bits per heavy atom. The number of sulfone groups is 1. The second-order valence-electron chi connectivity index (χ2n) is 7.85. The first-order valence-corrected chi connectivity index (χ1v) is 12.2. The predicted octanol–water partition coefficient (Wildman–Crippen LogP) is 2.41. The van der Waals surface area contributed by atoms with Gasteiger partial charge < -0.3 is 14.4 Å². The van der Waals surface area contributed by atoms with Crippen LogP contribution in [0.3, 0.4) is 0 Å². The molecule has 2 aromatic rings. The zero-order valence-electron chi connectivity index (χ0n) is 17.5. The summed E-state index contributed by atoms with van der Waals surface area (Å²) in [6.07, 6.45) is 0.609. The standard InChI is InChI=1S/C22H25ClN2O5S/c1-29-18-7-8-21(30-2)15(11-18)9-10-24-12-22(26)25(17-5-3-16(23)4-6-17)20-14-31(27,28)13-19(20)24/h3-8,11,19-20H,9-10,12-14H2,1-2H3/t19-,20+/m0/s1. The van der Waals surface area contributed by atoms with Gasteiger partial charge in [0, 0.05) is 23.3 Å². The summed E-state index contributed by atoms with van der Waals surface area (Å²) < 4.78 is 35.8.